The van der Waals surface area contributed by atoms with Gasteiger partial charge in [0.2, 0.25) is 0 Å². The zero-order valence-electron chi connectivity index (χ0n) is 17.8. The molecule has 30 heavy (non-hydrogen) atoms. The van der Waals surface area contributed by atoms with Gasteiger partial charge in [0.1, 0.15) is 11.4 Å². The molecule has 0 N–H and O–H groups in total. The number of aromatic nitrogens is 1. The van der Waals surface area contributed by atoms with E-state index in [1.807, 2.05) is 24.1 Å². The van der Waals surface area contributed by atoms with Gasteiger partial charge in [0.05, 0.1) is 7.11 Å². The molecule has 0 saturated carbocycles. The number of hydrogen-bond donors (Lipinski definition) is 0. The molecule has 7 heteroatoms. The van der Waals surface area contributed by atoms with Crippen LogP contribution in [-0.4, -0.2) is 79.0 Å². The first-order chi connectivity index (χ1) is 14.6. The lowest BCUT2D eigenvalue weighted by atomic mass is 10.1. The van der Waals surface area contributed by atoms with E-state index in [1.165, 1.54) is 5.69 Å². The number of rotatable bonds is 6. The average Bonchev–Trinajstić information content (AvgIpc) is 3.12. The predicted molar refractivity (Wildman–Crippen MR) is 117 cm³/mol. The molecule has 1 aromatic carbocycles. The second kappa shape index (κ2) is 8.92. The highest BCUT2D eigenvalue weighted by atomic mass is 16.5. The van der Waals surface area contributed by atoms with Crippen molar-refractivity contribution in [1.82, 2.24) is 14.4 Å². The molecule has 2 aliphatic rings. The van der Waals surface area contributed by atoms with Crippen molar-refractivity contribution in [2.75, 3.05) is 57.8 Å². The average molecular weight is 411 g/mol. The van der Waals surface area contributed by atoms with Crippen LogP contribution in [0.4, 0.5) is 5.69 Å². The molecule has 0 spiro atoms. The number of ether oxygens (including phenoxy) is 1. The minimum atomic E-state index is -0.0207. The van der Waals surface area contributed by atoms with Gasteiger partial charge in [0.15, 0.2) is 5.78 Å². The number of fused-ring (bicyclic) bond motifs is 1. The number of aryl methyl sites for hydroxylation is 1. The minimum Gasteiger partial charge on any atom is -0.497 e. The van der Waals surface area contributed by atoms with Crippen molar-refractivity contribution < 1.29 is 14.3 Å². The number of carbonyl (C=O) groups is 2. The van der Waals surface area contributed by atoms with E-state index in [0.717, 1.165) is 44.9 Å². The number of hydrogen-bond acceptors (Lipinski definition) is 5. The number of carbonyl (C=O) groups excluding carboxylic acids is 2. The van der Waals surface area contributed by atoms with Crippen LogP contribution in [0.1, 0.15) is 33.7 Å². The standard InChI is InChI=1S/C23H30N4O3/c1-24-12-8-20-21(28)9-13-27(23(29)22(20)24)11-3-10-25-14-16-26(17-15-25)18-4-6-19(30-2)7-5-18/h4-8,12H,3,9-11,13-17H2,1-2H3. The lowest BCUT2D eigenvalue weighted by Gasteiger charge is -2.36. The number of amides is 1. The number of methoxy groups -OCH3 is 1. The maximum atomic E-state index is 12.9. The van der Waals surface area contributed by atoms with Gasteiger partial charge in [0, 0.05) is 70.2 Å². The fourth-order valence-electron chi connectivity index (χ4n) is 4.36. The summed E-state index contributed by atoms with van der Waals surface area (Å²) in [5.74, 6) is 0.924. The van der Waals surface area contributed by atoms with Gasteiger partial charge in [-0.25, -0.2) is 0 Å². The Morgan fingerprint density at radius 3 is 2.37 bits per heavy atom. The van der Waals surface area contributed by atoms with Gasteiger partial charge in [0.25, 0.3) is 5.91 Å². The lowest BCUT2D eigenvalue weighted by molar-refractivity contribution is 0.0741. The highest BCUT2D eigenvalue weighted by Gasteiger charge is 2.29. The fraction of sp³-hybridized carbons (Fsp3) is 0.478. The molecule has 1 aromatic heterocycles. The van der Waals surface area contributed by atoms with E-state index in [1.54, 1.807) is 23.9 Å². The normalized spacial score (nSPS) is 17.8. The topological polar surface area (TPSA) is 58.0 Å². The van der Waals surface area contributed by atoms with Crippen LogP contribution < -0.4 is 9.64 Å². The van der Waals surface area contributed by atoms with Crippen molar-refractivity contribution in [2.45, 2.75) is 12.8 Å². The largest absolute Gasteiger partial charge is 0.497 e. The Morgan fingerprint density at radius 2 is 1.67 bits per heavy atom. The van der Waals surface area contributed by atoms with Crippen molar-refractivity contribution in [3.63, 3.8) is 0 Å². The molecular formula is C23H30N4O3. The number of anilines is 1. The third kappa shape index (κ3) is 4.21. The maximum absolute atomic E-state index is 12.9. The Kier molecular flexibility index (Phi) is 6.08. The maximum Gasteiger partial charge on any atom is 0.271 e. The molecule has 0 bridgehead atoms. The molecule has 2 aliphatic heterocycles. The van der Waals surface area contributed by atoms with Gasteiger partial charge in [-0.3, -0.25) is 14.5 Å². The van der Waals surface area contributed by atoms with E-state index in [-0.39, 0.29) is 11.7 Å². The first kappa shape index (κ1) is 20.5. The van der Waals surface area contributed by atoms with E-state index >= 15 is 0 Å². The summed E-state index contributed by atoms with van der Waals surface area (Å²) in [7, 11) is 3.51. The third-order valence-electron chi connectivity index (χ3n) is 6.18. The van der Waals surface area contributed by atoms with Crippen molar-refractivity contribution in [2.24, 2.45) is 7.05 Å². The Balaban J connectivity index is 1.26. The highest BCUT2D eigenvalue weighted by Crippen LogP contribution is 2.21. The highest BCUT2D eigenvalue weighted by molar-refractivity contribution is 6.08. The summed E-state index contributed by atoms with van der Waals surface area (Å²) < 4.78 is 7.01. The minimum absolute atomic E-state index is 0.0207. The summed E-state index contributed by atoms with van der Waals surface area (Å²) in [6.07, 6.45) is 3.12. The summed E-state index contributed by atoms with van der Waals surface area (Å²) >= 11 is 0. The number of Topliss-reactive ketones (excluding diaryl/α,β-unsaturated/α-hetero) is 1. The predicted octanol–water partition coefficient (Wildman–Crippen LogP) is 2.27. The molecule has 1 fully saturated rings. The molecule has 1 amide bonds. The second-order valence-corrected chi connectivity index (χ2v) is 8.03. The smallest absolute Gasteiger partial charge is 0.271 e. The van der Waals surface area contributed by atoms with Crippen molar-refractivity contribution in [1.29, 1.82) is 0 Å². The van der Waals surface area contributed by atoms with Gasteiger partial charge in [-0.2, -0.15) is 0 Å². The fourth-order valence-corrected chi connectivity index (χ4v) is 4.36. The van der Waals surface area contributed by atoms with Crippen LogP contribution in [-0.2, 0) is 7.05 Å². The van der Waals surface area contributed by atoms with Crippen molar-refractivity contribution in [3.05, 3.63) is 47.8 Å². The van der Waals surface area contributed by atoms with Gasteiger partial charge in [-0.15, -0.1) is 0 Å². The Hall–Kier alpha value is -2.80. The zero-order valence-corrected chi connectivity index (χ0v) is 17.8. The van der Waals surface area contributed by atoms with Crippen molar-refractivity contribution >= 4 is 17.4 Å². The Labute approximate surface area is 177 Å². The van der Waals surface area contributed by atoms with Gasteiger partial charge >= 0.3 is 0 Å². The molecule has 4 rings (SSSR count). The number of piperazine rings is 1. The quantitative estimate of drug-likeness (QED) is 0.731. The summed E-state index contributed by atoms with van der Waals surface area (Å²) in [5.41, 5.74) is 2.33. The summed E-state index contributed by atoms with van der Waals surface area (Å²) in [4.78, 5) is 31.9. The van der Waals surface area contributed by atoms with Crippen LogP contribution in [0.3, 0.4) is 0 Å². The number of ketones is 1. The van der Waals surface area contributed by atoms with Crippen LogP contribution in [0, 0.1) is 0 Å². The molecule has 0 radical (unpaired) electrons. The zero-order chi connectivity index (χ0) is 21.1. The number of nitrogens with zero attached hydrogens (tertiary/aromatic N) is 4. The van der Waals surface area contributed by atoms with Gasteiger partial charge < -0.3 is 19.1 Å². The van der Waals surface area contributed by atoms with E-state index in [9.17, 15) is 9.59 Å². The molecule has 0 atom stereocenters. The molecule has 7 nitrogen and oxygen atoms in total. The van der Waals surface area contributed by atoms with E-state index < -0.39 is 0 Å². The molecule has 3 heterocycles. The molecule has 160 valence electrons. The van der Waals surface area contributed by atoms with E-state index in [0.29, 0.717) is 30.8 Å². The summed E-state index contributed by atoms with van der Waals surface area (Å²) in [6.45, 7) is 6.19. The molecule has 0 unspecified atom stereocenters. The molecule has 2 aromatic rings. The first-order valence-corrected chi connectivity index (χ1v) is 10.7. The number of benzene rings is 1. The SMILES string of the molecule is COc1ccc(N2CCN(CCCN3CCC(=O)c4ccn(C)c4C3=O)CC2)cc1. The second-order valence-electron chi connectivity index (χ2n) is 8.03. The Morgan fingerprint density at radius 1 is 0.933 bits per heavy atom. The van der Waals surface area contributed by atoms with Crippen LogP contribution in [0.5, 0.6) is 5.75 Å². The molecule has 0 aliphatic carbocycles. The van der Waals surface area contributed by atoms with Crippen LogP contribution in [0.15, 0.2) is 36.5 Å². The van der Waals surface area contributed by atoms with Crippen molar-refractivity contribution in [3.8, 4) is 5.75 Å². The first-order valence-electron chi connectivity index (χ1n) is 10.7. The lowest BCUT2D eigenvalue weighted by Crippen LogP contribution is -2.47. The van der Waals surface area contributed by atoms with Crippen LogP contribution in [0.2, 0.25) is 0 Å². The summed E-state index contributed by atoms with van der Waals surface area (Å²) in [5, 5.41) is 0. The van der Waals surface area contributed by atoms with E-state index in [2.05, 4.69) is 21.9 Å². The summed E-state index contributed by atoms with van der Waals surface area (Å²) in [6, 6.07) is 9.99. The Bertz CT molecular complexity index is 898. The van der Waals surface area contributed by atoms with Crippen LogP contribution >= 0.6 is 0 Å². The molecular weight excluding hydrogens is 380 g/mol. The van der Waals surface area contributed by atoms with Gasteiger partial charge in [-0.1, -0.05) is 0 Å². The molecule has 1 saturated heterocycles. The van der Waals surface area contributed by atoms with Gasteiger partial charge in [-0.05, 0) is 43.3 Å². The monoisotopic (exact) mass is 410 g/mol. The van der Waals surface area contributed by atoms with Crippen LogP contribution in [0.25, 0.3) is 0 Å². The van der Waals surface area contributed by atoms with E-state index in [4.69, 9.17) is 4.74 Å². The third-order valence-corrected chi connectivity index (χ3v) is 6.18.